The fraction of sp³-hybridized carbons (Fsp3) is 0.429. The molecule has 1 aromatic rings. The first kappa shape index (κ1) is 14.4. The van der Waals surface area contributed by atoms with E-state index in [0.717, 1.165) is 0 Å². The molecule has 1 saturated carbocycles. The number of nitrogens with one attached hydrogen (secondary N) is 1. The lowest BCUT2D eigenvalue weighted by Gasteiger charge is -2.05. The van der Waals surface area contributed by atoms with E-state index in [1.807, 2.05) is 0 Å². The van der Waals surface area contributed by atoms with Gasteiger partial charge in [-0.2, -0.15) is 0 Å². The van der Waals surface area contributed by atoms with E-state index in [0.29, 0.717) is 12.8 Å². The first-order chi connectivity index (χ1) is 9.50. The molecule has 1 aromatic carbocycles. The Hall–Kier alpha value is -1.98. The van der Waals surface area contributed by atoms with Crippen LogP contribution in [-0.4, -0.2) is 23.5 Å². The van der Waals surface area contributed by atoms with Crippen LogP contribution in [0.1, 0.15) is 30.7 Å². The summed E-state index contributed by atoms with van der Waals surface area (Å²) in [5.41, 5.74) is -0.0295. The van der Waals surface area contributed by atoms with E-state index < -0.39 is 29.4 Å². The average molecular weight is 283 g/mol. The van der Waals surface area contributed by atoms with E-state index >= 15 is 0 Å². The highest BCUT2D eigenvalue weighted by Gasteiger charge is 2.46. The minimum absolute atomic E-state index is 0.0175. The van der Waals surface area contributed by atoms with E-state index in [9.17, 15) is 18.4 Å². The fourth-order valence-electron chi connectivity index (χ4n) is 2.25. The van der Waals surface area contributed by atoms with Gasteiger partial charge in [-0.25, -0.2) is 8.78 Å². The quantitative estimate of drug-likeness (QED) is 0.785. The topological polar surface area (TPSA) is 66.4 Å². The van der Waals surface area contributed by atoms with Crippen molar-refractivity contribution < 1.29 is 23.5 Å². The van der Waals surface area contributed by atoms with Crippen LogP contribution in [0.2, 0.25) is 0 Å². The maximum absolute atomic E-state index is 13.5. The van der Waals surface area contributed by atoms with Gasteiger partial charge in [-0.3, -0.25) is 9.59 Å². The highest BCUT2D eigenvalue weighted by Crippen LogP contribution is 2.49. The van der Waals surface area contributed by atoms with Gasteiger partial charge in [0.1, 0.15) is 11.6 Å². The van der Waals surface area contributed by atoms with Gasteiger partial charge in [0.2, 0.25) is 5.91 Å². The van der Waals surface area contributed by atoms with Crippen LogP contribution < -0.4 is 5.32 Å². The summed E-state index contributed by atoms with van der Waals surface area (Å²) in [4.78, 5) is 22.1. The number of carboxylic acid groups (broad SMARTS) is 1. The predicted octanol–water partition coefficient (Wildman–Crippen LogP) is 2.05. The number of halogens is 2. The second-order valence-electron chi connectivity index (χ2n) is 4.87. The molecule has 1 amide bonds. The third kappa shape index (κ3) is 3.31. The number of amides is 1. The number of carboxylic acids is 1. The van der Waals surface area contributed by atoms with E-state index in [2.05, 4.69) is 5.32 Å². The Bertz CT molecular complexity index is 513. The zero-order valence-electron chi connectivity index (χ0n) is 10.7. The zero-order chi connectivity index (χ0) is 14.7. The number of carbonyl (C=O) groups excluding carboxylic acids is 1. The van der Waals surface area contributed by atoms with E-state index in [1.165, 1.54) is 18.2 Å². The summed E-state index contributed by atoms with van der Waals surface area (Å²) in [6.07, 6.45) is 0.742. The van der Waals surface area contributed by atoms with Crippen LogP contribution in [0.4, 0.5) is 8.78 Å². The molecule has 0 bridgehead atoms. The summed E-state index contributed by atoms with van der Waals surface area (Å²) in [5.74, 6) is -3.30. The molecule has 0 saturated heterocycles. The molecular weight excluding hydrogens is 268 g/mol. The smallest absolute Gasteiger partial charge is 0.303 e. The van der Waals surface area contributed by atoms with Gasteiger partial charge in [-0.1, -0.05) is 6.07 Å². The van der Waals surface area contributed by atoms with Crippen molar-refractivity contribution in [3.8, 4) is 0 Å². The Morgan fingerprint density at radius 2 is 1.95 bits per heavy atom. The van der Waals surface area contributed by atoms with Gasteiger partial charge in [0, 0.05) is 30.4 Å². The minimum atomic E-state index is -0.919. The lowest BCUT2D eigenvalue weighted by molar-refractivity contribution is -0.137. The molecule has 1 aliphatic carbocycles. The largest absolute Gasteiger partial charge is 0.481 e. The molecule has 20 heavy (non-hydrogen) atoms. The molecule has 2 rings (SSSR count). The zero-order valence-corrected chi connectivity index (χ0v) is 10.7. The number of hydrogen-bond donors (Lipinski definition) is 2. The molecule has 0 aromatic heterocycles. The van der Waals surface area contributed by atoms with Crippen LogP contribution in [0.25, 0.3) is 0 Å². The third-order valence-corrected chi connectivity index (χ3v) is 3.36. The fourth-order valence-corrected chi connectivity index (χ4v) is 2.25. The standard InChI is InChI=1S/C14H15F2NO3/c15-10-3-1-4-11(16)13(10)8-7-9(8)14(20)17-6-2-5-12(18)19/h1,3-4,8-9H,2,5-7H2,(H,17,20)(H,18,19). The number of aliphatic carboxylic acids is 1. The number of carbonyl (C=O) groups is 2. The van der Waals surface area contributed by atoms with Crippen molar-refractivity contribution in [3.05, 3.63) is 35.4 Å². The SMILES string of the molecule is O=C(O)CCCNC(=O)C1CC1c1c(F)cccc1F. The van der Waals surface area contributed by atoms with Crippen molar-refractivity contribution in [1.29, 1.82) is 0 Å². The van der Waals surface area contributed by atoms with Crippen molar-refractivity contribution in [2.45, 2.75) is 25.2 Å². The molecule has 2 N–H and O–H groups in total. The van der Waals surface area contributed by atoms with Gasteiger partial charge in [-0.15, -0.1) is 0 Å². The summed E-state index contributed by atoms with van der Waals surface area (Å²) < 4.78 is 27.1. The summed E-state index contributed by atoms with van der Waals surface area (Å²) in [6, 6.07) is 3.65. The summed E-state index contributed by atoms with van der Waals surface area (Å²) >= 11 is 0. The highest BCUT2D eigenvalue weighted by molar-refractivity contribution is 5.83. The van der Waals surface area contributed by atoms with Crippen molar-refractivity contribution in [2.75, 3.05) is 6.54 Å². The van der Waals surface area contributed by atoms with Crippen LogP contribution in [0.5, 0.6) is 0 Å². The van der Waals surface area contributed by atoms with Crippen molar-refractivity contribution in [2.24, 2.45) is 5.92 Å². The summed E-state index contributed by atoms with van der Waals surface area (Å²) in [5, 5.41) is 11.0. The Labute approximate surface area is 114 Å². The monoisotopic (exact) mass is 283 g/mol. The van der Waals surface area contributed by atoms with Gasteiger partial charge < -0.3 is 10.4 Å². The van der Waals surface area contributed by atoms with Gasteiger partial charge in [0.15, 0.2) is 0 Å². The first-order valence-corrected chi connectivity index (χ1v) is 6.44. The lowest BCUT2D eigenvalue weighted by Crippen LogP contribution is -2.26. The molecule has 108 valence electrons. The van der Waals surface area contributed by atoms with Crippen molar-refractivity contribution in [1.82, 2.24) is 5.32 Å². The molecule has 2 unspecified atom stereocenters. The van der Waals surface area contributed by atoms with Gasteiger partial charge in [0.05, 0.1) is 0 Å². The van der Waals surface area contributed by atoms with Gasteiger partial charge in [0.25, 0.3) is 0 Å². The number of hydrogen-bond acceptors (Lipinski definition) is 2. The molecule has 0 radical (unpaired) electrons. The van der Waals surface area contributed by atoms with Crippen LogP contribution in [0, 0.1) is 17.6 Å². The minimum Gasteiger partial charge on any atom is -0.481 e. The molecule has 2 atom stereocenters. The summed E-state index contributed by atoms with van der Waals surface area (Å²) in [7, 11) is 0. The molecular formula is C14H15F2NO3. The van der Waals surface area contributed by atoms with Crippen molar-refractivity contribution >= 4 is 11.9 Å². The first-order valence-electron chi connectivity index (χ1n) is 6.44. The molecule has 1 fully saturated rings. The van der Waals surface area contributed by atoms with Crippen LogP contribution >= 0.6 is 0 Å². The van der Waals surface area contributed by atoms with Gasteiger partial charge >= 0.3 is 5.97 Å². The van der Waals surface area contributed by atoms with Crippen molar-refractivity contribution in [3.63, 3.8) is 0 Å². The number of benzene rings is 1. The predicted molar refractivity (Wildman–Crippen MR) is 67.1 cm³/mol. The van der Waals surface area contributed by atoms with E-state index in [1.54, 1.807) is 0 Å². The number of rotatable bonds is 6. The van der Waals surface area contributed by atoms with E-state index in [4.69, 9.17) is 5.11 Å². The molecule has 0 spiro atoms. The molecule has 1 aliphatic rings. The second-order valence-corrected chi connectivity index (χ2v) is 4.87. The maximum atomic E-state index is 13.5. The third-order valence-electron chi connectivity index (χ3n) is 3.36. The Morgan fingerprint density at radius 3 is 2.55 bits per heavy atom. The Kier molecular flexibility index (Phi) is 4.32. The molecule has 0 heterocycles. The molecule has 0 aliphatic heterocycles. The van der Waals surface area contributed by atoms with Crippen LogP contribution in [-0.2, 0) is 9.59 Å². The summed E-state index contributed by atoms with van der Waals surface area (Å²) in [6.45, 7) is 0.258. The normalized spacial score (nSPS) is 20.5. The Balaban J connectivity index is 1.85. The lowest BCUT2D eigenvalue weighted by atomic mass is 10.1. The molecule has 6 heteroatoms. The molecule has 4 nitrogen and oxygen atoms in total. The maximum Gasteiger partial charge on any atom is 0.303 e. The van der Waals surface area contributed by atoms with Gasteiger partial charge in [-0.05, 0) is 25.0 Å². The Morgan fingerprint density at radius 1 is 1.30 bits per heavy atom. The van der Waals surface area contributed by atoms with Crippen LogP contribution in [0.15, 0.2) is 18.2 Å². The van der Waals surface area contributed by atoms with E-state index in [-0.39, 0.29) is 24.4 Å². The second kappa shape index (κ2) is 5.98. The highest BCUT2D eigenvalue weighted by atomic mass is 19.1. The van der Waals surface area contributed by atoms with Crippen LogP contribution in [0.3, 0.4) is 0 Å². The average Bonchev–Trinajstić information content (AvgIpc) is 3.14.